The lowest BCUT2D eigenvalue weighted by Crippen LogP contribution is -2.21. The van der Waals surface area contributed by atoms with Gasteiger partial charge >= 0.3 is 0 Å². The molecule has 2 aromatic rings. The van der Waals surface area contributed by atoms with Crippen molar-refractivity contribution >= 4 is 0 Å². The first-order chi connectivity index (χ1) is 7.33. The quantitative estimate of drug-likeness (QED) is 0.834. The Labute approximate surface area is 89.1 Å². The van der Waals surface area contributed by atoms with Crippen LogP contribution in [0.3, 0.4) is 0 Å². The first-order valence-electron chi connectivity index (χ1n) is 5.13. The number of furan rings is 2. The summed E-state index contributed by atoms with van der Waals surface area (Å²) in [5.41, 5.74) is 1.13. The van der Waals surface area contributed by atoms with Crippen molar-refractivity contribution in [1.29, 1.82) is 0 Å². The summed E-state index contributed by atoms with van der Waals surface area (Å²) in [5, 5.41) is 3.37. The van der Waals surface area contributed by atoms with Crippen molar-refractivity contribution in [2.45, 2.75) is 19.9 Å². The van der Waals surface area contributed by atoms with E-state index >= 15 is 0 Å². The number of hydrogen-bond acceptors (Lipinski definition) is 3. The van der Waals surface area contributed by atoms with Gasteiger partial charge in [-0.15, -0.1) is 0 Å². The van der Waals surface area contributed by atoms with Crippen LogP contribution in [0.15, 0.2) is 39.6 Å². The molecule has 0 aliphatic carbocycles. The van der Waals surface area contributed by atoms with Crippen LogP contribution in [0.2, 0.25) is 0 Å². The highest BCUT2D eigenvalue weighted by Gasteiger charge is 2.18. The predicted molar refractivity (Wildman–Crippen MR) is 57.7 cm³/mol. The van der Waals surface area contributed by atoms with Gasteiger partial charge in [-0.1, -0.05) is 6.92 Å². The third-order valence-electron chi connectivity index (χ3n) is 2.45. The van der Waals surface area contributed by atoms with E-state index in [4.69, 9.17) is 8.83 Å². The Morgan fingerprint density at radius 3 is 2.67 bits per heavy atom. The van der Waals surface area contributed by atoms with Crippen LogP contribution in [0.4, 0.5) is 0 Å². The van der Waals surface area contributed by atoms with Crippen LogP contribution in [0.1, 0.15) is 30.0 Å². The molecule has 0 aromatic carbocycles. The Balaban J connectivity index is 2.32. The van der Waals surface area contributed by atoms with E-state index in [1.165, 1.54) is 0 Å². The van der Waals surface area contributed by atoms with Crippen LogP contribution >= 0.6 is 0 Å². The maximum atomic E-state index is 5.42. The zero-order chi connectivity index (χ0) is 10.7. The molecule has 80 valence electrons. The highest BCUT2D eigenvalue weighted by molar-refractivity contribution is 5.27. The van der Waals surface area contributed by atoms with E-state index < -0.39 is 0 Å². The molecule has 2 rings (SSSR count). The van der Waals surface area contributed by atoms with Gasteiger partial charge in [-0.2, -0.15) is 0 Å². The number of aryl methyl sites for hydroxylation is 1. The standard InChI is InChI=1S/C12H15NO2/c1-3-13-12(11-5-4-7-15-11)10-6-8-14-9(10)2/h4-8,12-13H,3H2,1-2H3. The Kier molecular flexibility index (Phi) is 2.92. The number of nitrogens with one attached hydrogen (secondary N) is 1. The van der Waals surface area contributed by atoms with Gasteiger partial charge < -0.3 is 14.2 Å². The fourth-order valence-corrected chi connectivity index (χ4v) is 1.72. The molecule has 0 aliphatic heterocycles. The zero-order valence-corrected chi connectivity index (χ0v) is 8.99. The minimum atomic E-state index is 0.0868. The second-order valence-corrected chi connectivity index (χ2v) is 3.44. The van der Waals surface area contributed by atoms with Gasteiger partial charge in [-0.25, -0.2) is 0 Å². The molecule has 3 nitrogen and oxygen atoms in total. The monoisotopic (exact) mass is 205 g/mol. The van der Waals surface area contributed by atoms with E-state index in [1.54, 1.807) is 12.5 Å². The fourth-order valence-electron chi connectivity index (χ4n) is 1.72. The first-order valence-corrected chi connectivity index (χ1v) is 5.13. The van der Waals surface area contributed by atoms with Crippen LogP contribution in [0.5, 0.6) is 0 Å². The van der Waals surface area contributed by atoms with E-state index in [-0.39, 0.29) is 6.04 Å². The molecule has 0 bridgehead atoms. The SMILES string of the molecule is CCNC(c1ccco1)c1ccoc1C. The Morgan fingerprint density at radius 2 is 2.13 bits per heavy atom. The molecule has 1 unspecified atom stereocenters. The topological polar surface area (TPSA) is 38.3 Å². The third kappa shape index (κ3) is 1.97. The lowest BCUT2D eigenvalue weighted by Gasteiger charge is -2.14. The summed E-state index contributed by atoms with van der Waals surface area (Å²) in [4.78, 5) is 0. The fraction of sp³-hybridized carbons (Fsp3) is 0.333. The first kappa shape index (κ1) is 10.1. The van der Waals surface area contributed by atoms with Gasteiger partial charge in [0, 0.05) is 5.56 Å². The third-order valence-corrected chi connectivity index (χ3v) is 2.45. The summed E-state index contributed by atoms with van der Waals surface area (Å²) in [5.74, 6) is 1.85. The molecule has 2 aromatic heterocycles. The van der Waals surface area contributed by atoms with E-state index in [0.717, 1.165) is 23.6 Å². The second kappa shape index (κ2) is 4.36. The summed E-state index contributed by atoms with van der Waals surface area (Å²) in [6.07, 6.45) is 3.40. The molecule has 0 spiro atoms. The molecule has 2 heterocycles. The van der Waals surface area contributed by atoms with Gasteiger partial charge in [0.1, 0.15) is 11.5 Å². The van der Waals surface area contributed by atoms with Crippen molar-refractivity contribution in [2.24, 2.45) is 0 Å². The van der Waals surface area contributed by atoms with Crippen LogP contribution in [0.25, 0.3) is 0 Å². The Bertz CT molecular complexity index is 403. The minimum Gasteiger partial charge on any atom is -0.469 e. The average Bonchev–Trinajstić information content (AvgIpc) is 2.85. The molecule has 0 radical (unpaired) electrons. The maximum Gasteiger partial charge on any atom is 0.125 e. The van der Waals surface area contributed by atoms with E-state index in [0.29, 0.717) is 0 Å². The molecular formula is C12H15NO2. The van der Waals surface area contributed by atoms with Gasteiger partial charge in [0.05, 0.1) is 18.6 Å². The highest BCUT2D eigenvalue weighted by Crippen LogP contribution is 2.25. The average molecular weight is 205 g/mol. The maximum absolute atomic E-state index is 5.42. The molecule has 0 saturated carbocycles. The highest BCUT2D eigenvalue weighted by atomic mass is 16.3. The van der Waals surface area contributed by atoms with Crippen LogP contribution in [-0.4, -0.2) is 6.54 Å². The normalized spacial score (nSPS) is 12.9. The summed E-state index contributed by atoms with van der Waals surface area (Å²) >= 11 is 0. The summed E-state index contributed by atoms with van der Waals surface area (Å²) < 4.78 is 10.7. The van der Waals surface area contributed by atoms with Crippen LogP contribution in [0, 0.1) is 6.92 Å². The van der Waals surface area contributed by atoms with Crippen molar-refractivity contribution in [2.75, 3.05) is 6.54 Å². The zero-order valence-electron chi connectivity index (χ0n) is 8.99. The molecule has 1 atom stereocenters. The lowest BCUT2D eigenvalue weighted by molar-refractivity contribution is 0.445. The molecule has 0 fully saturated rings. The predicted octanol–water partition coefficient (Wildman–Crippen LogP) is 2.88. The molecule has 15 heavy (non-hydrogen) atoms. The van der Waals surface area contributed by atoms with Crippen molar-refractivity contribution in [3.8, 4) is 0 Å². The molecule has 0 aliphatic rings. The van der Waals surface area contributed by atoms with Gasteiger partial charge in [0.2, 0.25) is 0 Å². The molecule has 0 saturated heterocycles. The number of rotatable bonds is 4. The van der Waals surface area contributed by atoms with Crippen molar-refractivity contribution in [3.05, 3.63) is 47.8 Å². The second-order valence-electron chi connectivity index (χ2n) is 3.44. The van der Waals surface area contributed by atoms with Gasteiger partial charge in [0.25, 0.3) is 0 Å². The summed E-state index contributed by atoms with van der Waals surface area (Å²) in [6.45, 7) is 4.92. The molecule has 0 amide bonds. The van der Waals surface area contributed by atoms with Crippen LogP contribution < -0.4 is 5.32 Å². The van der Waals surface area contributed by atoms with E-state index in [1.807, 2.05) is 25.1 Å². The van der Waals surface area contributed by atoms with Crippen molar-refractivity contribution in [1.82, 2.24) is 5.32 Å². The van der Waals surface area contributed by atoms with E-state index in [2.05, 4.69) is 12.2 Å². The minimum absolute atomic E-state index is 0.0868. The summed E-state index contributed by atoms with van der Waals surface area (Å²) in [7, 11) is 0. The Hall–Kier alpha value is -1.48. The smallest absolute Gasteiger partial charge is 0.125 e. The molecular weight excluding hydrogens is 190 g/mol. The van der Waals surface area contributed by atoms with Crippen LogP contribution in [-0.2, 0) is 0 Å². The van der Waals surface area contributed by atoms with Gasteiger partial charge in [0.15, 0.2) is 0 Å². The van der Waals surface area contributed by atoms with E-state index in [9.17, 15) is 0 Å². The molecule has 1 N–H and O–H groups in total. The molecule has 3 heteroatoms. The van der Waals surface area contributed by atoms with Gasteiger partial charge in [-0.3, -0.25) is 0 Å². The Morgan fingerprint density at radius 1 is 1.27 bits per heavy atom. The van der Waals surface area contributed by atoms with Crippen molar-refractivity contribution in [3.63, 3.8) is 0 Å². The lowest BCUT2D eigenvalue weighted by atomic mass is 10.1. The largest absolute Gasteiger partial charge is 0.469 e. The summed E-state index contributed by atoms with van der Waals surface area (Å²) in [6, 6.07) is 5.93. The number of hydrogen-bond donors (Lipinski definition) is 1. The van der Waals surface area contributed by atoms with Crippen molar-refractivity contribution < 1.29 is 8.83 Å². The van der Waals surface area contributed by atoms with Gasteiger partial charge in [-0.05, 0) is 31.7 Å².